The van der Waals surface area contributed by atoms with E-state index in [0.29, 0.717) is 21.9 Å². The summed E-state index contributed by atoms with van der Waals surface area (Å²) in [6.07, 6.45) is -0.850. The number of rotatable bonds is 3. The van der Waals surface area contributed by atoms with Crippen molar-refractivity contribution < 1.29 is 9.84 Å². The molecule has 0 radical (unpaired) electrons. The van der Waals surface area contributed by atoms with Crippen LogP contribution in [0.25, 0.3) is 0 Å². The molecule has 2 aromatic rings. The molecule has 1 unspecified atom stereocenters. The number of benzene rings is 2. The molecule has 0 heterocycles. The highest BCUT2D eigenvalue weighted by molar-refractivity contribution is 9.10. The van der Waals surface area contributed by atoms with Crippen molar-refractivity contribution in [1.29, 1.82) is 0 Å². The second-order valence-electron chi connectivity index (χ2n) is 3.95. The maximum atomic E-state index is 10.5. The molecule has 0 aromatic heterocycles. The summed E-state index contributed by atoms with van der Waals surface area (Å²) in [5.74, 6) is 0.617. The van der Waals surface area contributed by atoms with Crippen LogP contribution in [0.3, 0.4) is 0 Å². The Morgan fingerprint density at radius 2 is 1.63 bits per heavy atom. The third kappa shape index (κ3) is 3.31. The average Bonchev–Trinajstić information content (AvgIpc) is 2.40. The molecular formula is C14H11Br2ClO2. The Morgan fingerprint density at radius 1 is 1.05 bits per heavy atom. The zero-order valence-corrected chi connectivity index (χ0v) is 14.0. The van der Waals surface area contributed by atoms with E-state index >= 15 is 0 Å². The third-order valence-electron chi connectivity index (χ3n) is 2.74. The van der Waals surface area contributed by atoms with Gasteiger partial charge in [-0.05, 0) is 36.4 Å². The Bertz CT molecular complexity index is 602. The molecule has 1 N–H and O–H groups in total. The van der Waals surface area contributed by atoms with E-state index < -0.39 is 6.10 Å². The fourth-order valence-electron chi connectivity index (χ4n) is 1.81. The Hall–Kier alpha value is -0.550. The minimum Gasteiger partial charge on any atom is -0.496 e. The lowest BCUT2D eigenvalue weighted by Crippen LogP contribution is -2.03. The molecule has 19 heavy (non-hydrogen) atoms. The highest BCUT2D eigenvalue weighted by atomic mass is 79.9. The van der Waals surface area contributed by atoms with Crippen LogP contribution in [0.1, 0.15) is 17.2 Å². The Labute approximate surface area is 133 Å². The number of aliphatic hydroxyl groups is 1. The van der Waals surface area contributed by atoms with Crippen molar-refractivity contribution in [3.05, 3.63) is 61.5 Å². The van der Waals surface area contributed by atoms with Crippen molar-refractivity contribution in [2.24, 2.45) is 0 Å². The molecule has 2 aromatic carbocycles. The molecule has 5 heteroatoms. The Morgan fingerprint density at radius 3 is 2.26 bits per heavy atom. The number of halogens is 3. The van der Waals surface area contributed by atoms with Gasteiger partial charge in [-0.2, -0.15) is 0 Å². The van der Waals surface area contributed by atoms with E-state index in [-0.39, 0.29) is 0 Å². The van der Waals surface area contributed by atoms with Crippen LogP contribution in [0.2, 0.25) is 5.02 Å². The maximum Gasteiger partial charge on any atom is 0.125 e. The van der Waals surface area contributed by atoms with E-state index in [0.717, 1.165) is 8.95 Å². The molecule has 0 fully saturated rings. The molecule has 2 nitrogen and oxygen atoms in total. The summed E-state index contributed by atoms with van der Waals surface area (Å²) >= 11 is 12.9. The second kappa shape index (κ2) is 6.27. The highest BCUT2D eigenvalue weighted by Crippen LogP contribution is 2.36. The predicted molar refractivity (Wildman–Crippen MR) is 83.9 cm³/mol. The van der Waals surface area contributed by atoms with E-state index in [1.807, 2.05) is 18.2 Å². The van der Waals surface area contributed by atoms with Gasteiger partial charge in [-0.25, -0.2) is 0 Å². The zero-order valence-electron chi connectivity index (χ0n) is 10.0. The summed E-state index contributed by atoms with van der Waals surface area (Å²) in [6, 6.07) is 10.9. The summed E-state index contributed by atoms with van der Waals surface area (Å²) in [6.45, 7) is 0. The molecule has 0 spiro atoms. The first-order valence-corrected chi connectivity index (χ1v) is 7.45. The Kier molecular flexibility index (Phi) is 4.90. The summed E-state index contributed by atoms with van der Waals surface area (Å²) < 4.78 is 7.01. The molecule has 0 bridgehead atoms. The van der Waals surface area contributed by atoms with Crippen molar-refractivity contribution in [3.8, 4) is 5.75 Å². The number of hydrogen-bond donors (Lipinski definition) is 1. The lowest BCUT2D eigenvalue weighted by Gasteiger charge is -2.17. The minimum atomic E-state index is -0.850. The van der Waals surface area contributed by atoms with E-state index in [4.69, 9.17) is 16.3 Å². The molecule has 2 rings (SSSR count). The first-order valence-electron chi connectivity index (χ1n) is 5.49. The SMILES string of the molecule is COc1ccc(Br)cc1C(O)c1cc(Br)ccc1Cl. The predicted octanol–water partition coefficient (Wildman–Crippen LogP) is 4.96. The number of aliphatic hydroxyl groups excluding tert-OH is 1. The molecule has 0 saturated heterocycles. The third-order valence-corrected chi connectivity index (χ3v) is 4.07. The van der Waals surface area contributed by atoms with E-state index in [1.165, 1.54) is 0 Å². The molecule has 0 aliphatic rings. The molecule has 1 atom stereocenters. The number of hydrogen-bond acceptors (Lipinski definition) is 2. The van der Waals surface area contributed by atoms with Gasteiger partial charge in [0, 0.05) is 25.1 Å². The van der Waals surface area contributed by atoms with E-state index in [9.17, 15) is 5.11 Å². The second-order valence-corrected chi connectivity index (χ2v) is 6.19. The topological polar surface area (TPSA) is 29.5 Å². The highest BCUT2D eigenvalue weighted by Gasteiger charge is 2.18. The summed E-state index contributed by atoms with van der Waals surface area (Å²) in [7, 11) is 1.57. The van der Waals surface area contributed by atoms with Crippen LogP contribution in [-0.4, -0.2) is 12.2 Å². The first kappa shape index (κ1) is 14.9. The summed E-state index contributed by atoms with van der Waals surface area (Å²) in [5, 5.41) is 11.0. The van der Waals surface area contributed by atoms with Crippen LogP contribution >= 0.6 is 43.5 Å². The first-order chi connectivity index (χ1) is 9.02. The van der Waals surface area contributed by atoms with Crippen molar-refractivity contribution in [1.82, 2.24) is 0 Å². The molecule has 0 amide bonds. The molecular weight excluding hydrogens is 395 g/mol. The minimum absolute atomic E-state index is 0.512. The van der Waals surface area contributed by atoms with Gasteiger partial charge in [0.15, 0.2) is 0 Å². The van der Waals surface area contributed by atoms with Crippen LogP contribution in [0.5, 0.6) is 5.75 Å². The smallest absolute Gasteiger partial charge is 0.125 e. The van der Waals surface area contributed by atoms with Crippen LogP contribution in [0.4, 0.5) is 0 Å². The zero-order chi connectivity index (χ0) is 14.0. The van der Waals surface area contributed by atoms with Crippen LogP contribution < -0.4 is 4.74 Å². The van der Waals surface area contributed by atoms with Gasteiger partial charge in [0.05, 0.1) is 7.11 Å². The lowest BCUT2D eigenvalue weighted by molar-refractivity contribution is 0.214. The standard InChI is InChI=1S/C14H11Br2ClO2/c1-19-13-5-3-9(16)7-11(13)14(18)10-6-8(15)2-4-12(10)17/h2-7,14,18H,1H3. The van der Waals surface area contributed by atoms with Crippen LogP contribution in [0, 0.1) is 0 Å². The van der Waals surface area contributed by atoms with Crippen molar-refractivity contribution in [2.75, 3.05) is 7.11 Å². The van der Waals surface area contributed by atoms with Crippen LogP contribution in [0.15, 0.2) is 45.3 Å². The van der Waals surface area contributed by atoms with Gasteiger partial charge in [0.1, 0.15) is 11.9 Å². The monoisotopic (exact) mass is 404 g/mol. The van der Waals surface area contributed by atoms with Crippen molar-refractivity contribution in [2.45, 2.75) is 6.10 Å². The van der Waals surface area contributed by atoms with Gasteiger partial charge >= 0.3 is 0 Å². The van der Waals surface area contributed by atoms with Gasteiger partial charge in [-0.15, -0.1) is 0 Å². The number of methoxy groups -OCH3 is 1. The lowest BCUT2D eigenvalue weighted by atomic mass is 10.0. The van der Waals surface area contributed by atoms with E-state index in [1.54, 1.807) is 25.3 Å². The fraction of sp³-hybridized carbons (Fsp3) is 0.143. The van der Waals surface area contributed by atoms with E-state index in [2.05, 4.69) is 31.9 Å². The van der Waals surface area contributed by atoms with Gasteiger partial charge in [0.25, 0.3) is 0 Å². The van der Waals surface area contributed by atoms with Crippen molar-refractivity contribution >= 4 is 43.5 Å². The van der Waals surface area contributed by atoms with Crippen LogP contribution in [-0.2, 0) is 0 Å². The maximum absolute atomic E-state index is 10.5. The van der Waals surface area contributed by atoms with Gasteiger partial charge < -0.3 is 9.84 Å². The van der Waals surface area contributed by atoms with Crippen molar-refractivity contribution in [3.63, 3.8) is 0 Å². The molecule has 0 aliphatic heterocycles. The molecule has 0 saturated carbocycles. The van der Waals surface area contributed by atoms with Gasteiger partial charge in [-0.1, -0.05) is 43.5 Å². The van der Waals surface area contributed by atoms with Gasteiger partial charge in [-0.3, -0.25) is 0 Å². The van der Waals surface area contributed by atoms with Gasteiger partial charge in [0.2, 0.25) is 0 Å². The summed E-state index contributed by atoms with van der Waals surface area (Å²) in [4.78, 5) is 0. The number of ether oxygens (including phenoxy) is 1. The summed E-state index contributed by atoms with van der Waals surface area (Å²) in [5.41, 5.74) is 1.30. The molecule has 100 valence electrons. The normalized spacial score (nSPS) is 12.3. The quantitative estimate of drug-likeness (QED) is 0.781. The Balaban J connectivity index is 2.51. The molecule has 0 aliphatic carbocycles. The fourth-order valence-corrected chi connectivity index (χ4v) is 2.79. The largest absolute Gasteiger partial charge is 0.496 e. The average molecular weight is 407 g/mol.